The molecule has 0 radical (unpaired) electrons. The van der Waals surface area contributed by atoms with Gasteiger partial charge in [0.05, 0.1) is 18.4 Å². The Morgan fingerprint density at radius 1 is 1.23 bits per heavy atom. The molecule has 10 heteroatoms. The lowest BCUT2D eigenvalue weighted by molar-refractivity contribution is -0.132. The second-order valence-corrected chi connectivity index (χ2v) is 8.55. The van der Waals surface area contributed by atoms with Gasteiger partial charge in [0.25, 0.3) is 5.78 Å². The number of aryl methyl sites for hydroxylation is 1. The lowest BCUT2D eigenvalue weighted by Crippen LogP contribution is -2.29. The minimum atomic E-state index is -0.943. The second kappa shape index (κ2) is 8.05. The molecule has 2 aromatic heterocycles. The third-order valence-corrected chi connectivity index (χ3v) is 6.80. The van der Waals surface area contributed by atoms with Crippen molar-refractivity contribution < 1.29 is 28.6 Å². The number of hydrogen-bond donors (Lipinski definition) is 1. The molecule has 4 rings (SSSR count). The Bertz CT molecular complexity index is 1220. The van der Waals surface area contributed by atoms with Crippen LogP contribution in [0, 0.1) is 12.7 Å². The molecule has 3 heterocycles. The molecular weight excluding hydrogens is 443 g/mol. The lowest BCUT2D eigenvalue weighted by atomic mass is 10.00. The van der Waals surface area contributed by atoms with E-state index in [2.05, 4.69) is 4.98 Å². The van der Waals surface area contributed by atoms with Gasteiger partial charge in [-0.1, -0.05) is 17.4 Å². The number of rotatable bonds is 4. The molecule has 0 bridgehead atoms. The van der Waals surface area contributed by atoms with E-state index < -0.39 is 35.3 Å². The number of anilines is 1. The number of ketones is 1. The molecular formula is C21H15FN2O5S2. The van der Waals surface area contributed by atoms with Crippen molar-refractivity contribution in [2.45, 2.75) is 13.0 Å². The molecule has 3 aromatic rings. The predicted octanol–water partition coefficient (Wildman–Crippen LogP) is 4.07. The summed E-state index contributed by atoms with van der Waals surface area (Å²) in [5.74, 6) is -3.29. The van der Waals surface area contributed by atoms with Crippen molar-refractivity contribution in [3.8, 4) is 0 Å². The third-order valence-electron chi connectivity index (χ3n) is 4.74. The van der Waals surface area contributed by atoms with E-state index >= 15 is 0 Å². The van der Waals surface area contributed by atoms with Gasteiger partial charge in [0.15, 0.2) is 5.13 Å². The van der Waals surface area contributed by atoms with E-state index in [9.17, 15) is 23.9 Å². The van der Waals surface area contributed by atoms with Gasteiger partial charge in [0, 0.05) is 10.4 Å². The smallest absolute Gasteiger partial charge is 0.350 e. The van der Waals surface area contributed by atoms with E-state index in [1.165, 1.54) is 35.5 Å². The maximum absolute atomic E-state index is 13.3. The van der Waals surface area contributed by atoms with Gasteiger partial charge in [-0.2, -0.15) is 0 Å². The summed E-state index contributed by atoms with van der Waals surface area (Å²) in [5, 5.41) is 12.8. The fourth-order valence-electron chi connectivity index (χ4n) is 3.28. The van der Waals surface area contributed by atoms with Crippen LogP contribution < -0.4 is 4.90 Å². The van der Waals surface area contributed by atoms with Gasteiger partial charge in [-0.25, -0.2) is 14.2 Å². The van der Waals surface area contributed by atoms with Gasteiger partial charge in [0.2, 0.25) is 0 Å². The average molecular weight is 458 g/mol. The molecule has 1 amide bonds. The number of halogens is 1. The van der Waals surface area contributed by atoms with E-state index in [1.54, 1.807) is 24.4 Å². The summed E-state index contributed by atoms with van der Waals surface area (Å²) in [6.07, 6.45) is 0. The SMILES string of the molecule is COC(=O)c1sc(N2C(=O)C(=O)/C(=C(/O)c3ccc(F)cc3)C2c2cccs2)nc1C. The topological polar surface area (TPSA) is 96.8 Å². The number of carbonyl (C=O) groups is 3. The van der Waals surface area contributed by atoms with Crippen molar-refractivity contribution in [2.75, 3.05) is 12.0 Å². The van der Waals surface area contributed by atoms with Crippen LogP contribution in [0.15, 0.2) is 47.4 Å². The van der Waals surface area contributed by atoms with E-state index in [-0.39, 0.29) is 21.1 Å². The number of thiophene rings is 1. The largest absolute Gasteiger partial charge is 0.507 e. The van der Waals surface area contributed by atoms with Crippen LogP contribution >= 0.6 is 22.7 Å². The number of ether oxygens (including phenoxy) is 1. The maximum atomic E-state index is 13.3. The first-order chi connectivity index (χ1) is 14.8. The molecule has 1 aliphatic heterocycles. The van der Waals surface area contributed by atoms with Gasteiger partial charge in [-0.3, -0.25) is 14.5 Å². The second-order valence-electron chi connectivity index (χ2n) is 6.59. The molecule has 1 N–H and O–H groups in total. The Labute approximate surface area is 184 Å². The van der Waals surface area contributed by atoms with Crippen LogP contribution in [0.2, 0.25) is 0 Å². The van der Waals surface area contributed by atoms with Gasteiger partial charge < -0.3 is 9.84 Å². The minimum Gasteiger partial charge on any atom is -0.507 e. The molecule has 1 aromatic carbocycles. The molecule has 158 valence electrons. The number of Topliss-reactive ketones (excluding diaryl/α,β-unsaturated/α-hetero) is 1. The summed E-state index contributed by atoms with van der Waals surface area (Å²) in [6, 6.07) is 7.50. The number of esters is 1. The lowest BCUT2D eigenvalue weighted by Gasteiger charge is -2.21. The number of methoxy groups -OCH3 is 1. The maximum Gasteiger partial charge on any atom is 0.350 e. The number of aliphatic hydroxyl groups is 1. The Morgan fingerprint density at radius 3 is 2.55 bits per heavy atom. The molecule has 7 nitrogen and oxygen atoms in total. The highest BCUT2D eigenvalue weighted by Crippen LogP contribution is 2.45. The molecule has 1 fully saturated rings. The van der Waals surface area contributed by atoms with Crippen molar-refractivity contribution in [1.29, 1.82) is 0 Å². The normalized spacial score (nSPS) is 17.9. The number of carbonyl (C=O) groups excluding carboxylic acids is 3. The van der Waals surface area contributed by atoms with E-state index in [0.717, 1.165) is 23.5 Å². The predicted molar refractivity (Wildman–Crippen MR) is 114 cm³/mol. The standard InChI is InChI=1S/C21H15FN2O5S2/c1-10-18(20(28)29-2)31-21(23-10)24-15(13-4-3-9-30-13)14(17(26)19(24)27)16(25)11-5-7-12(22)8-6-11/h3-9,15,25H,1-2H3/b16-14+. The summed E-state index contributed by atoms with van der Waals surface area (Å²) in [4.78, 5) is 44.3. The zero-order valence-corrected chi connectivity index (χ0v) is 17.9. The highest BCUT2D eigenvalue weighted by atomic mass is 32.1. The van der Waals surface area contributed by atoms with Crippen LogP contribution in [0.1, 0.15) is 31.8 Å². The van der Waals surface area contributed by atoms with E-state index in [1.807, 2.05) is 0 Å². The number of amides is 1. The molecule has 0 spiro atoms. The van der Waals surface area contributed by atoms with Crippen LogP contribution in [-0.4, -0.2) is 34.9 Å². The summed E-state index contributed by atoms with van der Waals surface area (Å²) in [7, 11) is 1.24. The monoisotopic (exact) mass is 458 g/mol. The number of hydrogen-bond acceptors (Lipinski definition) is 8. The zero-order valence-electron chi connectivity index (χ0n) is 16.3. The molecule has 0 saturated carbocycles. The number of thiazole rings is 1. The van der Waals surface area contributed by atoms with Crippen LogP contribution in [0.25, 0.3) is 5.76 Å². The Kier molecular flexibility index (Phi) is 5.42. The zero-order chi connectivity index (χ0) is 22.3. The number of benzene rings is 1. The van der Waals surface area contributed by atoms with Crippen molar-refractivity contribution in [2.24, 2.45) is 0 Å². The van der Waals surface area contributed by atoms with E-state index in [4.69, 9.17) is 4.74 Å². The van der Waals surface area contributed by atoms with Crippen LogP contribution in [-0.2, 0) is 14.3 Å². The number of aliphatic hydroxyl groups excluding tert-OH is 1. The van der Waals surface area contributed by atoms with E-state index in [0.29, 0.717) is 10.6 Å². The molecule has 0 aliphatic carbocycles. The van der Waals surface area contributed by atoms with Crippen molar-refractivity contribution in [3.63, 3.8) is 0 Å². The first-order valence-electron chi connectivity index (χ1n) is 8.99. The molecule has 1 aliphatic rings. The molecule has 1 saturated heterocycles. The Balaban J connectivity index is 1.90. The summed E-state index contributed by atoms with van der Waals surface area (Å²) in [6.45, 7) is 1.60. The number of aromatic nitrogens is 1. The number of nitrogens with zero attached hydrogens (tertiary/aromatic N) is 2. The van der Waals surface area contributed by atoms with Crippen LogP contribution in [0.4, 0.5) is 9.52 Å². The fourth-order valence-corrected chi connectivity index (χ4v) is 5.11. The van der Waals surface area contributed by atoms with Gasteiger partial charge in [0.1, 0.15) is 22.5 Å². The molecule has 31 heavy (non-hydrogen) atoms. The molecule has 1 unspecified atom stereocenters. The van der Waals surface area contributed by atoms with Crippen LogP contribution in [0.3, 0.4) is 0 Å². The first kappa shape index (κ1) is 20.9. The highest BCUT2D eigenvalue weighted by Gasteiger charge is 2.48. The van der Waals surface area contributed by atoms with Gasteiger partial charge in [-0.15, -0.1) is 11.3 Å². The quantitative estimate of drug-likeness (QED) is 0.274. The average Bonchev–Trinajstić information content (AvgIpc) is 3.47. The Morgan fingerprint density at radius 2 is 1.94 bits per heavy atom. The van der Waals surface area contributed by atoms with Gasteiger partial charge >= 0.3 is 11.9 Å². The fraction of sp³-hybridized carbons (Fsp3) is 0.143. The van der Waals surface area contributed by atoms with Crippen molar-refractivity contribution in [1.82, 2.24) is 4.98 Å². The summed E-state index contributed by atoms with van der Waals surface area (Å²) in [5.41, 5.74) is 0.426. The third kappa shape index (κ3) is 3.53. The highest BCUT2D eigenvalue weighted by molar-refractivity contribution is 7.18. The summed E-state index contributed by atoms with van der Waals surface area (Å²) >= 11 is 2.22. The Hall–Kier alpha value is -3.37. The minimum absolute atomic E-state index is 0.133. The van der Waals surface area contributed by atoms with Crippen LogP contribution in [0.5, 0.6) is 0 Å². The first-order valence-corrected chi connectivity index (χ1v) is 10.7. The summed E-state index contributed by atoms with van der Waals surface area (Å²) < 4.78 is 18.1. The molecule has 1 atom stereocenters. The van der Waals surface area contributed by atoms with Crippen molar-refractivity contribution in [3.05, 3.63) is 74.2 Å². The van der Waals surface area contributed by atoms with Crippen molar-refractivity contribution >= 4 is 51.2 Å². The van der Waals surface area contributed by atoms with Gasteiger partial charge in [-0.05, 0) is 42.6 Å².